The number of anilines is 1. The zero-order valence-electron chi connectivity index (χ0n) is 8.32. The molecule has 1 rings (SSSR count). The van der Waals surface area contributed by atoms with Crippen LogP contribution in [0.3, 0.4) is 0 Å². The van der Waals surface area contributed by atoms with Gasteiger partial charge in [-0.25, -0.2) is 9.97 Å². The Kier molecular flexibility index (Phi) is 7.03. The molecule has 1 aromatic rings. The van der Waals surface area contributed by atoms with Gasteiger partial charge in [0.1, 0.15) is 0 Å². The molecule has 0 fully saturated rings. The van der Waals surface area contributed by atoms with E-state index in [1.54, 1.807) is 12.4 Å². The third kappa shape index (κ3) is 6.16. The second-order valence-corrected chi connectivity index (χ2v) is 5.31. The van der Waals surface area contributed by atoms with E-state index in [2.05, 4.69) is 37.9 Å². The third-order valence-corrected chi connectivity index (χ3v) is 3.22. The monoisotopic (exact) mass is 339 g/mol. The van der Waals surface area contributed by atoms with Gasteiger partial charge in [0.05, 0.1) is 0 Å². The molecule has 0 aliphatic carbocycles. The van der Waals surface area contributed by atoms with Gasteiger partial charge in [0.15, 0.2) is 0 Å². The van der Waals surface area contributed by atoms with Crippen LogP contribution in [-0.2, 0) is 0 Å². The first-order chi connectivity index (χ1) is 7.33. The van der Waals surface area contributed by atoms with Crippen LogP contribution in [0.1, 0.15) is 6.42 Å². The molecule has 0 aliphatic heterocycles. The van der Waals surface area contributed by atoms with Gasteiger partial charge in [0.25, 0.3) is 0 Å². The fourth-order valence-electron chi connectivity index (χ4n) is 0.907. The largest absolute Gasteiger partial charge is 0.396 e. The van der Waals surface area contributed by atoms with Crippen molar-refractivity contribution in [1.82, 2.24) is 9.97 Å². The van der Waals surface area contributed by atoms with Crippen LogP contribution in [-0.4, -0.2) is 39.7 Å². The van der Waals surface area contributed by atoms with Gasteiger partial charge in [-0.15, -0.1) is 0 Å². The topological polar surface area (TPSA) is 58.0 Å². The molecule has 6 heteroatoms. The Hall–Kier alpha value is -0.0800. The van der Waals surface area contributed by atoms with Gasteiger partial charge in [0.2, 0.25) is 5.95 Å². The number of aliphatic hydroxyl groups excluding tert-OH is 1. The van der Waals surface area contributed by atoms with E-state index in [4.69, 9.17) is 5.11 Å². The van der Waals surface area contributed by atoms with Gasteiger partial charge in [-0.05, 0) is 34.8 Å². The standard InChI is InChI=1S/C9H14IN3OS/c10-8-6-12-9(13-7-8)11-2-5-15-4-1-3-14/h6-7,14H,1-5H2,(H,11,12,13). The Balaban J connectivity index is 2.07. The molecule has 0 aromatic carbocycles. The summed E-state index contributed by atoms with van der Waals surface area (Å²) >= 11 is 4.00. The van der Waals surface area contributed by atoms with Crippen LogP contribution >= 0.6 is 34.4 Å². The van der Waals surface area contributed by atoms with E-state index in [0.717, 1.165) is 28.0 Å². The molecule has 0 unspecified atom stereocenters. The number of aliphatic hydroxyl groups is 1. The van der Waals surface area contributed by atoms with Crippen molar-refractivity contribution in [1.29, 1.82) is 0 Å². The average molecular weight is 339 g/mol. The number of hydrogen-bond donors (Lipinski definition) is 2. The maximum absolute atomic E-state index is 8.58. The molecular weight excluding hydrogens is 325 g/mol. The molecular formula is C9H14IN3OS. The number of hydrogen-bond acceptors (Lipinski definition) is 5. The minimum Gasteiger partial charge on any atom is -0.396 e. The highest BCUT2D eigenvalue weighted by atomic mass is 127. The molecule has 0 saturated carbocycles. The third-order valence-electron chi connectivity index (χ3n) is 1.60. The molecule has 1 aromatic heterocycles. The summed E-state index contributed by atoms with van der Waals surface area (Å²) in [5.74, 6) is 2.69. The molecule has 15 heavy (non-hydrogen) atoms. The minimum atomic E-state index is 0.278. The summed E-state index contributed by atoms with van der Waals surface area (Å²) in [7, 11) is 0. The van der Waals surface area contributed by atoms with Crippen LogP contribution in [0.2, 0.25) is 0 Å². The highest BCUT2D eigenvalue weighted by Gasteiger charge is 1.94. The number of nitrogens with one attached hydrogen (secondary N) is 1. The highest BCUT2D eigenvalue weighted by Crippen LogP contribution is 2.04. The van der Waals surface area contributed by atoms with Crippen LogP contribution in [0, 0.1) is 3.57 Å². The number of halogens is 1. The van der Waals surface area contributed by atoms with E-state index in [1.807, 2.05) is 11.8 Å². The molecule has 84 valence electrons. The average Bonchev–Trinajstić information content (AvgIpc) is 2.26. The van der Waals surface area contributed by atoms with Gasteiger partial charge in [0, 0.05) is 34.9 Å². The van der Waals surface area contributed by atoms with Crippen molar-refractivity contribution >= 4 is 40.3 Å². The fraction of sp³-hybridized carbons (Fsp3) is 0.556. The lowest BCUT2D eigenvalue weighted by atomic mass is 10.5. The first kappa shape index (κ1) is 13.0. The van der Waals surface area contributed by atoms with Gasteiger partial charge in [-0.3, -0.25) is 0 Å². The summed E-state index contributed by atoms with van der Waals surface area (Å²) < 4.78 is 1.04. The molecule has 0 aliphatic rings. The zero-order chi connectivity index (χ0) is 10.9. The number of thioether (sulfide) groups is 1. The van der Waals surface area contributed by atoms with Crippen LogP contribution < -0.4 is 5.32 Å². The molecule has 0 amide bonds. The van der Waals surface area contributed by atoms with E-state index < -0.39 is 0 Å². The van der Waals surface area contributed by atoms with Crippen molar-refractivity contribution in [3.05, 3.63) is 16.0 Å². The van der Waals surface area contributed by atoms with Gasteiger partial charge in [-0.1, -0.05) is 0 Å². The molecule has 0 radical (unpaired) electrons. The lowest BCUT2D eigenvalue weighted by Crippen LogP contribution is -2.07. The van der Waals surface area contributed by atoms with Crippen molar-refractivity contribution < 1.29 is 5.11 Å². The Bertz CT molecular complexity index is 271. The minimum absolute atomic E-state index is 0.278. The van der Waals surface area contributed by atoms with Crippen molar-refractivity contribution in [2.45, 2.75) is 6.42 Å². The summed E-state index contributed by atoms with van der Waals surface area (Å²) in [5, 5.41) is 11.7. The van der Waals surface area contributed by atoms with Crippen LogP contribution in [0.5, 0.6) is 0 Å². The van der Waals surface area contributed by atoms with E-state index in [-0.39, 0.29) is 6.61 Å². The number of aromatic nitrogens is 2. The predicted octanol–water partition coefficient (Wildman–Crippen LogP) is 1.61. The summed E-state index contributed by atoms with van der Waals surface area (Å²) in [4.78, 5) is 8.27. The van der Waals surface area contributed by atoms with Gasteiger partial charge < -0.3 is 10.4 Å². The Morgan fingerprint density at radius 2 is 2.07 bits per heavy atom. The second kappa shape index (κ2) is 8.12. The van der Waals surface area contributed by atoms with E-state index in [0.29, 0.717) is 5.95 Å². The van der Waals surface area contributed by atoms with Crippen molar-refractivity contribution in [2.24, 2.45) is 0 Å². The fourth-order valence-corrected chi connectivity index (χ4v) is 1.97. The predicted molar refractivity (Wildman–Crippen MR) is 72.3 cm³/mol. The Morgan fingerprint density at radius 1 is 1.33 bits per heavy atom. The lowest BCUT2D eigenvalue weighted by Gasteiger charge is -2.03. The smallest absolute Gasteiger partial charge is 0.222 e. The first-order valence-corrected chi connectivity index (χ1v) is 6.96. The first-order valence-electron chi connectivity index (χ1n) is 4.73. The SMILES string of the molecule is OCCCSCCNc1ncc(I)cn1. The van der Waals surface area contributed by atoms with Gasteiger partial charge in [-0.2, -0.15) is 11.8 Å². The quantitative estimate of drug-likeness (QED) is 0.584. The van der Waals surface area contributed by atoms with Crippen LogP contribution in [0.4, 0.5) is 5.95 Å². The highest BCUT2D eigenvalue weighted by molar-refractivity contribution is 14.1. The normalized spacial score (nSPS) is 10.3. The zero-order valence-corrected chi connectivity index (χ0v) is 11.3. The van der Waals surface area contributed by atoms with E-state index in [9.17, 15) is 0 Å². The summed E-state index contributed by atoms with van der Waals surface area (Å²) in [6.07, 6.45) is 4.44. The van der Waals surface area contributed by atoms with E-state index >= 15 is 0 Å². The molecule has 0 bridgehead atoms. The molecule has 0 saturated heterocycles. The molecule has 0 spiro atoms. The maximum Gasteiger partial charge on any atom is 0.222 e. The Morgan fingerprint density at radius 3 is 2.73 bits per heavy atom. The van der Waals surface area contributed by atoms with Crippen molar-refractivity contribution in [3.63, 3.8) is 0 Å². The lowest BCUT2D eigenvalue weighted by molar-refractivity contribution is 0.296. The molecule has 2 N–H and O–H groups in total. The summed E-state index contributed by atoms with van der Waals surface area (Å²) in [6.45, 7) is 1.14. The van der Waals surface area contributed by atoms with Gasteiger partial charge >= 0.3 is 0 Å². The molecule has 4 nitrogen and oxygen atoms in total. The van der Waals surface area contributed by atoms with Crippen LogP contribution in [0.15, 0.2) is 12.4 Å². The number of rotatable bonds is 7. The summed E-state index contributed by atoms with van der Waals surface area (Å²) in [6, 6.07) is 0. The summed E-state index contributed by atoms with van der Waals surface area (Å²) in [5.41, 5.74) is 0. The molecule has 0 atom stereocenters. The molecule has 1 heterocycles. The maximum atomic E-state index is 8.58. The van der Waals surface area contributed by atoms with Crippen molar-refractivity contribution in [2.75, 3.05) is 30.0 Å². The van der Waals surface area contributed by atoms with Crippen molar-refractivity contribution in [3.8, 4) is 0 Å². The Labute approximate surface area is 107 Å². The number of nitrogens with zero attached hydrogens (tertiary/aromatic N) is 2. The second-order valence-electron chi connectivity index (χ2n) is 2.84. The van der Waals surface area contributed by atoms with Crippen LogP contribution in [0.25, 0.3) is 0 Å². The van der Waals surface area contributed by atoms with E-state index in [1.165, 1.54) is 0 Å².